The van der Waals surface area contributed by atoms with Gasteiger partial charge in [-0.15, -0.1) is 0 Å². The Hall–Kier alpha value is -15.6. The van der Waals surface area contributed by atoms with Gasteiger partial charge in [0.15, 0.2) is 0 Å². The van der Waals surface area contributed by atoms with Crippen molar-refractivity contribution in [3.8, 4) is 0 Å². The van der Waals surface area contributed by atoms with Gasteiger partial charge in [0.05, 0.1) is 22.4 Å². The summed E-state index contributed by atoms with van der Waals surface area (Å²) in [6, 6.07) is 107. The van der Waals surface area contributed by atoms with Crippen LogP contribution in [0.5, 0.6) is 0 Å². The molecule has 0 amide bonds. The Labute approximate surface area is 860 Å². The summed E-state index contributed by atoms with van der Waals surface area (Å²) in [7, 11) is 10.4. The minimum atomic E-state index is -0.0840. The molecule has 5 aliphatic heterocycles. The molecule has 5 unspecified atom stereocenters. The van der Waals surface area contributed by atoms with Crippen LogP contribution < -0.4 is 49.0 Å². The first-order valence-electron chi connectivity index (χ1n) is 51.0. The van der Waals surface area contributed by atoms with E-state index >= 15 is 0 Å². The van der Waals surface area contributed by atoms with Crippen molar-refractivity contribution >= 4 is 80.6 Å². The van der Waals surface area contributed by atoms with Crippen LogP contribution in [0.25, 0.3) is 22.4 Å². The third-order valence-electron chi connectivity index (χ3n) is 28.5. The zero-order chi connectivity index (χ0) is 103. The lowest BCUT2D eigenvalue weighted by atomic mass is 9.90. The molecule has 20 heteroatoms. The van der Waals surface area contributed by atoms with Crippen LogP contribution in [-0.2, 0) is 35.2 Å². The fourth-order valence-electron chi connectivity index (χ4n) is 22.4. The quantitative estimate of drug-likeness (QED) is 0.0809. The van der Waals surface area contributed by atoms with Gasteiger partial charge in [-0.25, -0.2) is 24.9 Å². The van der Waals surface area contributed by atoms with E-state index in [1.165, 1.54) is 130 Å². The molecule has 0 bridgehead atoms. The molecule has 16 aromatic rings. The summed E-state index contributed by atoms with van der Waals surface area (Å²) in [6.07, 6.45) is 15.8. The van der Waals surface area contributed by atoms with Gasteiger partial charge in [-0.2, -0.15) is 0 Å². The van der Waals surface area contributed by atoms with Gasteiger partial charge < -0.3 is 47.3 Å². The molecule has 744 valence electrons. The Morgan fingerprint density at radius 2 is 0.517 bits per heavy atom. The molecule has 5 aromatic heterocycles. The van der Waals surface area contributed by atoms with Crippen molar-refractivity contribution in [1.82, 2.24) is 47.8 Å². The normalized spacial score (nSPS) is 17.2. The van der Waals surface area contributed by atoms with Crippen molar-refractivity contribution in [2.45, 2.75) is 176 Å². The topological polar surface area (TPSA) is 121 Å². The van der Waals surface area contributed by atoms with Crippen LogP contribution in [0.1, 0.15) is 186 Å². The van der Waals surface area contributed by atoms with Crippen LogP contribution in [0.15, 0.2) is 398 Å². The first-order valence-corrected chi connectivity index (χ1v) is 51.0. The summed E-state index contributed by atoms with van der Waals surface area (Å²) in [6.45, 7) is 47.4. The van der Waals surface area contributed by atoms with E-state index in [1.54, 1.807) is 0 Å². The fourth-order valence-corrected chi connectivity index (χ4v) is 22.4. The van der Waals surface area contributed by atoms with Crippen LogP contribution in [0.2, 0.25) is 0 Å². The van der Waals surface area contributed by atoms with Crippen LogP contribution in [0.4, 0.5) is 58.2 Å². The summed E-state index contributed by atoms with van der Waals surface area (Å²) < 4.78 is 10.6. The highest BCUT2D eigenvalue weighted by Gasteiger charge is 2.51. The lowest BCUT2D eigenvalue weighted by Gasteiger charge is -2.42. The Bertz CT molecular complexity index is 7270. The summed E-state index contributed by atoms with van der Waals surface area (Å²) in [4.78, 5) is 48.3. The van der Waals surface area contributed by atoms with Gasteiger partial charge >= 0.3 is 0 Å². The Kier molecular flexibility index (Phi) is 29.6. The third kappa shape index (κ3) is 19.6. The number of para-hydroxylation sites is 7. The van der Waals surface area contributed by atoms with Gasteiger partial charge in [-0.1, -0.05) is 314 Å². The number of imidazole rings is 5. The molecule has 0 aliphatic carbocycles. The number of benzene rings is 11. The maximum Gasteiger partial charge on any atom is 0.212 e. The standard InChI is InChI=1S/C32H30N4.C25H30N4.C24H28N4.C23H26N4.C21H30N4/c1-22-14-13-15-23(2)29(22)31-35(32-33-27-20-11-12-21-28(27)34(32)4)24(3)30(25-16-7-5-8-17-25)36(31)26-18-9-6-10-19-26;1-17(2)23-20(5)28(25-26-15-16-27(25)6)24(22-18(3)11-10-12-19(22)4)29(23)21-13-8-7-9-14-21;1-18-21(19-12-8-6-9-13-19)28(20-14-10-7-11-15-20)22(24(2,3)4)27(18)23-25-16-17-26(23)5;1-17(2)21-18(3)26(23-24-15-16-25(23)4)22(19-11-7-5-8-12-19)27(21)20-13-9-6-10-14-20;1-15(2)18-16(3)24(20-22-13-14-23(20)7)19(21(4,5)6)25(18)17-11-9-8-10-12-17/h5-21,31H,1-4H3;7-17,24H,1-6H3;6-17,22H,1-5H3;5-17,22H,1-4H3;8-15,19H,1-7H3. The molecule has 10 heterocycles. The fraction of sp³-hybridized carbons (Fsp3) is 0.288. The van der Waals surface area contributed by atoms with Crippen molar-refractivity contribution in [1.29, 1.82) is 0 Å². The van der Waals surface area contributed by atoms with E-state index in [0.717, 1.165) is 46.5 Å². The van der Waals surface area contributed by atoms with E-state index in [2.05, 4.69) is 566 Å². The highest BCUT2D eigenvalue weighted by atomic mass is 15.5. The smallest absolute Gasteiger partial charge is 0.212 e. The van der Waals surface area contributed by atoms with Crippen molar-refractivity contribution in [2.75, 3.05) is 49.0 Å². The molecular weight excluding hydrogens is 1780 g/mol. The maximum atomic E-state index is 5.16. The lowest BCUT2D eigenvalue weighted by molar-refractivity contribution is 0.317. The van der Waals surface area contributed by atoms with Crippen molar-refractivity contribution in [3.05, 3.63) is 449 Å². The van der Waals surface area contributed by atoms with Gasteiger partial charge in [0, 0.05) is 181 Å². The van der Waals surface area contributed by atoms with Crippen LogP contribution in [-0.4, -0.2) is 60.1 Å². The number of rotatable bonds is 18. The molecule has 0 radical (unpaired) electrons. The minimum Gasteiger partial charge on any atom is -0.321 e. The number of aromatic nitrogens is 10. The van der Waals surface area contributed by atoms with Crippen molar-refractivity contribution < 1.29 is 0 Å². The van der Waals surface area contributed by atoms with Crippen LogP contribution >= 0.6 is 0 Å². The second-order valence-corrected chi connectivity index (χ2v) is 41.8. The van der Waals surface area contributed by atoms with Gasteiger partial charge in [0.25, 0.3) is 0 Å². The minimum absolute atomic E-state index is 0.0143. The van der Waals surface area contributed by atoms with E-state index in [4.69, 9.17) is 15.0 Å². The van der Waals surface area contributed by atoms with E-state index in [1.807, 2.05) is 49.6 Å². The van der Waals surface area contributed by atoms with Gasteiger partial charge in [0.2, 0.25) is 29.7 Å². The Morgan fingerprint density at radius 1 is 0.248 bits per heavy atom. The highest BCUT2D eigenvalue weighted by molar-refractivity contribution is 5.92. The molecule has 21 rings (SSSR count). The first-order chi connectivity index (χ1) is 69.7. The molecule has 145 heavy (non-hydrogen) atoms. The summed E-state index contributed by atoms with van der Waals surface area (Å²) >= 11 is 0. The molecule has 11 aromatic carbocycles. The van der Waals surface area contributed by atoms with Gasteiger partial charge in [-0.3, -0.25) is 24.5 Å². The molecule has 0 N–H and O–H groups in total. The van der Waals surface area contributed by atoms with Crippen LogP contribution in [0, 0.1) is 56.3 Å². The van der Waals surface area contributed by atoms with E-state index in [9.17, 15) is 0 Å². The van der Waals surface area contributed by atoms with E-state index < -0.39 is 0 Å². The summed E-state index contributed by atoms with van der Waals surface area (Å²) in [5.74, 6) is 6.01. The molecule has 5 aliphatic rings. The average molecular weight is 1930 g/mol. The Morgan fingerprint density at radius 3 is 0.876 bits per heavy atom. The summed E-state index contributed by atoms with van der Waals surface area (Å²) in [5, 5.41) is 0. The number of nitrogens with zero attached hydrogens (tertiary/aromatic N) is 20. The average Bonchev–Trinajstić information content (AvgIpc) is 1.52. The SMILES string of the molecule is CC1=C(C(C)C)N(c2ccccc2)C(C(C)(C)C)N1c1nccn1C.CC1=C(C(C)C)N(c2ccccc2)C(c2c(C)cccc2C)N1c1nccn1C.CC1=C(C(C)C)N(c2ccccc2)C(c2ccccc2)N1c1nccn1C.CC1=C(c2ccccc2)N(c2ccccc2)C(C(C)(C)C)N1c1nccn1C.CC1=C(c2ccccc2)N(c2ccccc2)C(c2c(C)cccc2C)N1c1nc2ccccc2n1C. The monoisotopic (exact) mass is 1930 g/mol. The van der Waals surface area contributed by atoms with E-state index in [-0.39, 0.29) is 41.7 Å². The molecule has 0 saturated carbocycles. The first kappa shape index (κ1) is 101. The molecule has 0 saturated heterocycles. The number of hydrogen-bond donors (Lipinski definition) is 0. The Balaban J connectivity index is 0.000000125. The largest absolute Gasteiger partial charge is 0.321 e. The van der Waals surface area contributed by atoms with Gasteiger partial charge in [-0.05, 0) is 192 Å². The second kappa shape index (κ2) is 42.5. The van der Waals surface area contributed by atoms with Gasteiger partial charge in [0.1, 0.15) is 30.8 Å². The molecule has 0 fully saturated rings. The molecular formula is C125H144N20. The highest BCUT2D eigenvalue weighted by Crippen LogP contribution is 2.55. The zero-order valence-corrected chi connectivity index (χ0v) is 89.5. The van der Waals surface area contributed by atoms with Crippen LogP contribution in [0.3, 0.4) is 0 Å². The van der Waals surface area contributed by atoms with E-state index in [0.29, 0.717) is 17.8 Å². The summed E-state index contributed by atoms with van der Waals surface area (Å²) in [5.41, 5.74) is 32.2. The molecule has 0 spiro atoms. The zero-order valence-electron chi connectivity index (χ0n) is 89.5. The number of hydrogen-bond acceptors (Lipinski definition) is 15. The number of anilines is 10. The predicted molar refractivity (Wildman–Crippen MR) is 604 cm³/mol. The molecule has 5 atom stereocenters. The predicted octanol–water partition coefficient (Wildman–Crippen LogP) is 29.4. The number of allylic oxidation sites excluding steroid dienone is 8. The maximum absolute atomic E-state index is 5.16. The second-order valence-electron chi connectivity index (χ2n) is 41.8. The number of fused-ring (bicyclic) bond motifs is 1. The van der Waals surface area contributed by atoms with Crippen molar-refractivity contribution in [3.63, 3.8) is 0 Å². The van der Waals surface area contributed by atoms with Crippen molar-refractivity contribution in [2.24, 2.45) is 63.8 Å². The molecule has 20 nitrogen and oxygen atoms in total. The third-order valence-corrected chi connectivity index (χ3v) is 28.5. The lowest BCUT2D eigenvalue weighted by Crippen LogP contribution is -2.50. The number of aryl methyl sites for hydroxylation is 9.